The van der Waals surface area contributed by atoms with Gasteiger partial charge in [0.1, 0.15) is 11.4 Å². The van der Waals surface area contributed by atoms with Crippen molar-refractivity contribution < 1.29 is 23.1 Å². The zero-order valence-corrected chi connectivity index (χ0v) is 17.9. The van der Waals surface area contributed by atoms with E-state index in [9.17, 15) is 14.0 Å². The second-order valence-electron chi connectivity index (χ2n) is 7.63. The second kappa shape index (κ2) is 8.05. The SMILES string of the molecule is COc1ccc([C@H]2c3c(oc4ccc(F)cc4c3=O)C(=O)N2Cc2cccnc2)cc1OC. The van der Waals surface area contributed by atoms with Gasteiger partial charge in [-0.05, 0) is 47.5 Å². The number of carbonyl (C=O) groups excluding carboxylic acids is 1. The van der Waals surface area contributed by atoms with Crippen LogP contribution in [0.3, 0.4) is 0 Å². The number of halogens is 1. The third kappa shape index (κ3) is 3.40. The van der Waals surface area contributed by atoms with Crippen molar-refractivity contribution in [3.8, 4) is 11.5 Å². The summed E-state index contributed by atoms with van der Waals surface area (Å²) in [4.78, 5) is 32.6. The van der Waals surface area contributed by atoms with Gasteiger partial charge < -0.3 is 18.8 Å². The van der Waals surface area contributed by atoms with Crippen molar-refractivity contribution in [3.05, 3.63) is 99.4 Å². The summed E-state index contributed by atoms with van der Waals surface area (Å²) in [6.45, 7) is 0.194. The van der Waals surface area contributed by atoms with Crippen molar-refractivity contribution in [1.29, 1.82) is 0 Å². The number of ether oxygens (including phenoxy) is 2. The molecule has 2 aromatic carbocycles. The number of hydrogen-bond donors (Lipinski definition) is 0. The van der Waals surface area contributed by atoms with Crippen molar-refractivity contribution in [2.75, 3.05) is 14.2 Å². The molecule has 2 aromatic heterocycles. The van der Waals surface area contributed by atoms with Gasteiger partial charge in [-0.1, -0.05) is 12.1 Å². The van der Waals surface area contributed by atoms with Crippen molar-refractivity contribution in [3.63, 3.8) is 0 Å². The molecule has 0 N–H and O–H groups in total. The van der Waals surface area contributed by atoms with E-state index in [1.165, 1.54) is 26.4 Å². The highest BCUT2D eigenvalue weighted by Gasteiger charge is 2.43. The van der Waals surface area contributed by atoms with E-state index in [1.54, 1.807) is 41.6 Å². The van der Waals surface area contributed by atoms with Crippen LogP contribution in [0.5, 0.6) is 11.5 Å². The summed E-state index contributed by atoms with van der Waals surface area (Å²) in [7, 11) is 3.03. The molecule has 1 amide bonds. The molecule has 1 atom stereocenters. The largest absolute Gasteiger partial charge is 0.493 e. The van der Waals surface area contributed by atoms with Crippen LogP contribution >= 0.6 is 0 Å². The fourth-order valence-corrected chi connectivity index (χ4v) is 4.21. The summed E-state index contributed by atoms with van der Waals surface area (Å²) in [5.74, 6) is -0.0839. The average Bonchev–Trinajstić information content (AvgIpc) is 3.11. The Morgan fingerprint density at radius 2 is 1.88 bits per heavy atom. The topological polar surface area (TPSA) is 81.9 Å². The van der Waals surface area contributed by atoms with Gasteiger partial charge in [0.25, 0.3) is 5.91 Å². The van der Waals surface area contributed by atoms with E-state index in [4.69, 9.17) is 13.9 Å². The lowest BCUT2D eigenvalue weighted by molar-refractivity contribution is 0.0714. The van der Waals surface area contributed by atoms with Crippen molar-refractivity contribution in [2.45, 2.75) is 12.6 Å². The van der Waals surface area contributed by atoms with Crippen LogP contribution in [0.1, 0.15) is 33.3 Å². The molecule has 8 heteroatoms. The number of nitrogens with zero attached hydrogens (tertiary/aromatic N) is 2. The minimum Gasteiger partial charge on any atom is -0.493 e. The number of rotatable bonds is 5. The molecule has 3 heterocycles. The van der Waals surface area contributed by atoms with E-state index < -0.39 is 23.2 Å². The molecule has 4 aromatic rings. The minimum atomic E-state index is -0.767. The zero-order chi connectivity index (χ0) is 23.1. The molecule has 0 bridgehead atoms. The second-order valence-corrected chi connectivity index (χ2v) is 7.63. The number of hydrogen-bond acceptors (Lipinski definition) is 6. The standard InChI is InChI=1S/C25H19FN2O5/c1-31-19-7-5-15(10-20(19)32-2)22-21-23(29)17-11-16(26)6-8-18(17)33-24(21)25(30)28(22)13-14-4-3-9-27-12-14/h3-12,22H,13H2,1-2H3/t22-/m0/s1. The van der Waals surface area contributed by atoms with Gasteiger partial charge >= 0.3 is 0 Å². The number of fused-ring (bicyclic) bond motifs is 2. The van der Waals surface area contributed by atoms with E-state index in [2.05, 4.69) is 4.98 Å². The fraction of sp³-hybridized carbons (Fsp3) is 0.160. The van der Waals surface area contributed by atoms with Gasteiger partial charge in [-0.2, -0.15) is 0 Å². The molecule has 0 unspecified atom stereocenters. The van der Waals surface area contributed by atoms with Crippen molar-refractivity contribution >= 4 is 16.9 Å². The van der Waals surface area contributed by atoms with E-state index >= 15 is 0 Å². The van der Waals surface area contributed by atoms with Crippen LogP contribution in [0.15, 0.2) is 70.1 Å². The lowest BCUT2D eigenvalue weighted by Crippen LogP contribution is -2.29. The molecule has 166 valence electrons. The van der Waals surface area contributed by atoms with Gasteiger partial charge in [0.05, 0.1) is 31.2 Å². The Kier molecular flexibility index (Phi) is 5.05. The molecule has 0 fully saturated rings. The minimum absolute atomic E-state index is 0.0530. The average molecular weight is 446 g/mol. The molecular formula is C25H19FN2O5. The maximum absolute atomic E-state index is 13.9. The van der Waals surface area contributed by atoms with Gasteiger partial charge in [-0.25, -0.2) is 4.39 Å². The van der Waals surface area contributed by atoms with Crippen LogP contribution in [-0.4, -0.2) is 30.0 Å². The first-order valence-electron chi connectivity index (χ1n) is 10.2. The highest BCUT2D eigenvalue weighted by Crippen LogP contribution is 2.41. The number of pyridine rings is 1. The summed E-state index contributed by atoms with van der Waals surface area (Å²) < 4.78 is 30.5. The third-order valence-electron chi connectivity index (χ3n) is 5.73. The summed E-state index contributed by atoms with van der Waals surface area (Å²) in [6, 6.07) is 11.7. The van der Waals surface area contributed by atoms with Crippen LogP contribution in [0.4, 0.5) is 4.39 Å². The van der Waals surface area contributed by atoms with E-state index in [0.29, 0.717) is 17.1 Å². The zero-order valence-electron chi connectivity index (χ0n) is 17.9. The lowest BCUT2D eigenvalue weighted by Gasteiger charge is -2.25. The van der Waals surface area contributed by atoms with Crippen molar-refractivity contribution in [1.82, 2.24) is 9.88 Å². The Balaban J connectivity index is 1.74. The van der Waals surface area contributed by atoms with Gasteiger partial charge in [-0.15, -0.1) is 0 Å². The maximum Gasteiger partial charge on any atom is 0.291 e. The monoisotopic (exact) mass is 446 g/mol. The summed E-state index contributed by atoms with van der Waals surface area (Å²) in [5, 5.41) is 0.0789. The summed E-state index contributed by atoms with van der Waals surface area (Å²) in [5.41, 5.74) is 1.28. The first-order chi connectivity index (χ1) is 16.0. The number of methoxy groups -OCH3 is 2. The van der Waals surface area contributed by atoms with Crippen LogP contribution < -0.4 is 14.9 Å². The number of benzene rings is 2. The Morgan fingerprint density at radius 3 is 2.61 bits per heavy atom. The highest BCUT2D eigenvalue weighted by atomic mass is 19.1. The predicted octanol–water partition coefficient (Wildman–Crippen LogP) is 4.09. The van der Waals surface area contributed by atoms with Crippen LogP contribution in [-0.2, 0) is 6.54 Å². The van der Waals surface area contributed by atoms with Gasteiger partial charge in [0, 0.05) is 18.9 Å². The number of amides is 1. The van der Waals surface area contributed by atoms with Crippen molar-refractivity contribution in [2.24, 2.45) is 0 Å². The molecule has 33 heavy (non-hydrogen) atoms. The van der Waals surface area contributed by atoms with E-state index in [0.717, 1.165) is 11.6 Å². The molecule has 0 spiro atoms. The highest BCUT2D eigenvalue weighted by molar-refractivity contribution is 5.99. The molecule has 1 aliphatic heterocycles. The maximum atomic E-state index is 13.9. The predicted molar refractivity (Wildman–Crippen MR) is 118 cm³/mol. The van der Waals surface area contributed by atoms with Crippen LogP contribution in [0.2, 0.25) is 0 Å². The number of aromatic nitrogens is 1. The normalized spacial score (nSPS) is 15.1. The molecule has 0 radical (unpaired) electrons. The van der Waals surface area contributed by atoms with Crippen LogP contribution in [0, 0.1) is 5.82 Å². The molecule has 0 aliphatic carbocycles. The Hall–Kier alpha value is -4.20. The van der Waals surface area contributed by atoms with Gasteiger partial charge in [0.15, 0.2) is 16.9 Å². The molecule has 0 saturated heterocycles. The first kappa shape index (κ1) is 20.7. The molecule has 1 aliphatic rings. The fourth-order valence-electron chi connectivity index (χ4n) is 4.21. The van der Waals surface area contributed by atoms with Gasteiger partial charge in [0.2, 0.25) is 5.76 Å². The lowest BCUT2D eigenvalue weighted by atomic mass is 9.98. The Morgan fingerprint density at radius 1 is 1.06 bits per heavy atom. The molecule has 7 nitrogen and oxygen atoms in total. The Bertz CT molecular complexity index is 1430. The third-order valence-corrected chi connectivity index (χ3v) is 5.73. The summed E-state index contributed by atoms with van der Waals surface area (Å²) >= 11 is 0. The number of carbonyl (C=O) groups is 1. The van der Waals surface area contributed by atoms with E-state index in [-0.39, 0.29) is 28.8 Å². The summed E-state index contributed by atoms with van der Waals surface area (Å²) in [6.07, 6.45) is 3.30. The quantitative estimate of drug-likeness (QED) is 0.459. The Labute approximate surface area is 188 Å². The smallest absolute Gasteiger partial charge is 0.291 e. The van der Waals surface area contributed by atoms with Crippen LogP contribution in [0.25, 0.3) is 11.0 Å². The van der Waals surface area contributed by atoms with Gasteiger partial charge in [-0.3, -0.25) is 14.6 Å². The molecule has 0 saturated carbocycles. The molecular weight excluding hydrogens is 427 g/mol. The first-order valence-corrected chi connectivity index (χ1v) is 10.2. The van der Waals surface area contributed by atoms with E-state index in [1.807, 2.05) is 6.07 Å². The molecule has 5 rings (SSSR count).